The van der Waals surface area contributed by atoms with Gasteiger partial charge in [0.25, 0.3) is 11.6 Å². The van der Waals surface area contributed by atoms with E-state index in [-0.39, 0.29) is 28.2 Å². The van der Waals surface area contributed by atoms with Gasteiger partial charge in [-0.1, -0.05) is 18.5 Å². The lowest BCUT2D eigenvalue weighted by molar-refractivity contribution is -0.385. The highest BCUT2D eigenvalue weighted by atomic mass is 35.5. The number of nitrogens with zero attached hydrogens (tertiary/aromatic N) is 1. The zero-order valence-corrected chi connectivity index (χ0v) is 11.2. The molecule has 1 aromatic carbocycles. The maximum absolute atomic E-state index is 11.8. The Balaban J connectivity index is 2.90. The third kappa shape index (κ3) is 3.85. The molecule has 0 heterocycles. The van der Waals surface area contributed by atoms with Gasteiger partial charge in [-0.3, -0.25) is 14.9 Å². The fourth-order valence-electron chi connectivity index (χ4n) is 1.29. The zero-order chi connectivity index (χ0) is 13.7. The quantitative estimate of drug-likeness (QED) is 0.515. The second-order valence-corrected chi connectivity index (χ2v) is 4.69. The fraction of sp³-hybridized carbons (Fsp3) is 0.364. The van der Waals surface area contributed by atoms with Gasteiger partial charge < -0.3 is 5.32 Å². The van der Waals surface area contributed by atoms with Crippen LogP contribution >= 0.6 is 23.2 Å². The average molecular weight is 291 g/mol. The number of hydrogen-bond acceptors (Lipinski definition) is 3. The third-order valence-electron chi connectivity index (χ3n) is 2.33. The standard InChI is InChI=1S/C11H12Cl2N2O3/c1-2-7(12)6-14-11(16)9-5-8(13)3-4-10(9)15(17)18/h3-5,7H,2,6H2,1H3,(H,14,16). The van der Waals surface area contributed by atoms with Gasteiger partial charge in [0.1, 0.15) is 5.56 Å². The van der Waals surface area contributed by atoms with Gasteiger partial charge in [0.2, 0.25) is 0 Å². The summed E-state index contributed by atoms with van der Waals surface area (Å²) in [4.78, 5) is 22.0. The van der Waals surface area contributed by atoms with Crippen molar-refractivity contribution in [1.29, 1.82) is 0 Å². The van der Waals surface area contributed by atoms with Crippen LogP contribution in [0.2, 0.25) is 5.02 Å². The van der Waals surface area contributed by atoms with Crippen LogP contribution in [0.3, 0.4) is 0 Å². The second kappa shape index (κ2) is 6.56. The van der Waals surface area contributed by atoms with Gasteiger partial charge in [-0.2, -0.15) is 0 Å². The van der Waals surface area contributed by atoms with Crippen molar-refractivity contribution < 1.29 is 9.72 Å². The van der Waals surface area contributed by atoms with E-state index >= 15 is 0 Å². The van der Waals surface area contributed by atoms with E-state index in [9.17, 15) is 14.9 Å². The molecule has 1 unspecified atom stereocenters. The second-order valence-electron chi connectivity index (χ2n) is 3.63. The molecule has 0 saturated heterocycles. The molecule has 1 amide bonds. The number of amides is 1. The monoisotopic (exact) mass is 290 g/mol. The number of alkyl halides is 1. The molecule has 5 nitrogen and oxygen atoms in total. The highest BCUT2D eigenvalue weighted by Gasteiger charge is 2.20. The van der Waals surface area contributed by atoms with Gasteiger partial charge in [-0.05, 0) is 18.6 Å². The van der Waals surface area contributed by atoms with Gasteiger partial charge in [-0.15, -0.1) is 11.6 Å². The minimum Gasteiger partial charge on any atom is -0.350 e. The number of benzene rings is 1. The minimum absolute atomic E-state index is 0.0625. The number of rotatable bonds is 5. The predicted octanol–water partition coefficient (Wildman–Crippen LogP) is 3.00. The van der Waals surface area contributed by atoms with Crippen molar-refractivity contribution in [2.24, 2.45) is 0 Å². The third-order valence-corrected chi connectivity index (χ3v) is 3.03. The van der Waals surface area contributed by atoms with Crippen molar-refractivity contribution in [3.63, 3.8) is 0 Å². The van der Waals surface area contributed by atoms with E-state index in [1.165, 1.54) is 18.2 Å². The molecule has 1 rings (SSSR count). The lowest BCUT2D eigenvalue weighted by Gasteiger charge is -2.09. The molecule has 1 N–H and O–H groups in total. The normalized spacial score (nSPS) is 11.9. The lowest BCUT2D eigenvalue weighted by atomic mass is 10.1. The first-order valence-electron chi connectivity index (χ1n) is 5.32. The number of carbonyl (C=O) groups excluding carboxylic acids is 1. The number of carbonyl (C=O) groups is 1. The van der Waals surface area contributed by atoms with Crippen molar-refractivity contribution >= 4 is 34.8 Å². The molecule has 0 fully saturated rings. The van der Waals surface area contributed by atoms with Crippen LogP contribution in [0.15, 0.2) is 18.2 Å². The number of nitro benzene ring substituents is 1. The summed E-state index contributed by atoms with van der Waals surface area (Å²) >= 11 is 11.6. The molecular formula is C11H12Cl2N2O3. The Bertz CT molecular complexity index is 466. The first-order chi connectivity index (χ1) is 8.45. The Morgan fingerprint density at radius 2 is 2.22 bits per heavy atom. The van der Waals surface area contributed by atoms with Crippen LogP contribution in [-0.2, 0) is 0 Å². The van der Waals surface area contributed by atoms with Crippen molar-refractivity contribution in [3.05, 3.63) is 38.9 Å². The Morgan fingerprint density at radius 3 is 2.78 bits per heavy atom. The molecular weight excluding hydrogens is 279 g/mol. The van der Waals surface area contributed by atoms with Crippen molar-refractivity contribution in [3.8, 4) is 0 Å². The van der Waals surface area contributed by atoms with E-state index in [4.69, 9.17) is 23.2 Å². The summed E-state index contributed by atoms with van der Waals surface area (Å²) in [6, 6.07) is 3.84. The van der Waals surface area contributed by atoms with Crippen LogP contribution in [0.5, 0.6) is 0 Å². The molecule has 0 radical (unpaired) electrons. The largest absolute Gasteiger partial charge is 0.350 e. The molecule has 0 saturated carbocycles. The number of nitrogens with one attached hydrogen (secondary N) is 1. The molecule has 98 valence electrons. The summed E-state index contributed by atoms with van der Waals surface area (Å²) in [5, 5.41) is 13.4. The summed E-state index contributed by atoms with van der Waals surface area (Å²) in [6.07, 6.45) is 0.694. The van der Waals surface area contributed by atoms with E-state index in [0.717, 1.165) is 0 Å². The van der Waals surface area contributed by atoms with Crippen LogP contribution < -0.4 is 5.32 Å². The Hall–Kier alpha value is -1.33. The lowest BCUT2D eigenvalue weighted by Crippen LogP contribution is -2.29. The molecule has 0 bridgehead atoms. The molecule has 0 aliphatic rings. The summed E-state index contributed by atoms with van der Waals surface area (Å²) < 4.78 is 0. The molecule has 7 heteroatoms. The molecule has 0 aliphatic carbocycles. The Morgan fingerprint density at radius 1 is 1.56 bits per heavy atom. The van der Waals surface area contributed by atoms with E-state index in [2.05, 4.69) is 5.32 Å². The molecule has 1 aromatic rings. The molecule has 0 aromatic heterocycles. The van der Waals surface area contributed by atoms with Gasteiger partial charge in [-0.25, -0.2) is 0 Å². The molecule has 18 heavy (non-hydrogen) atoms. The van der Waals surface area contributed by atoms with Gasteiger partial charge in [0.15, 0.2) is 0 Å². The molecule has 0 aliphatic heterocycles. The van der Waals surface area contributed by atoms with Crippen molar-refractivity contribution in [2.75, 3.05) is 6.54 Å². The van der Waals surface area contributed by atoms with E-state index in [1.54, 1.807) is 0 Å². The summed E-state index contributed by atoms with van der Waals surface area (Å²) in [6.45, 7) is 2.13. The maximum Gasteiger partial charge on any atom is 0.282 e. The van der Waals surface area contributed by atoms with Crippen LogP contribution in [0.25, 0.3) is 0 Å². The first-order valence-corrected chi connectivity index (χ1v) is 6.13. The van der Waals surface area contributed by atoms with Gasteiger partial charge in [0, 0.05) is 17.6 Å². The molecule has 0 spiro atoms. The number of halogens is 2. The summed E-state index contributed by atoms with van der Waals surface area (Å²) in [5.41, 5.74) is -0.341. The first kappa shape index (κ1) is 14.7. The van der Waals surface area contributed by atoms with E-state index in [1.807, 2.05) is 6.92 Å². The van der Waals surface area contributed by atoms with Crippen LogP contribution in [0.4, 0.5) is 5.69 Å². The van der Waals surface area contributed by atoms with Gasteiger partial charge >= 0.3 is 0 Å². The maximum atomic E-state index is 11.8. The molecule has 1 atom stereocenters. The Kier molecular flexibility index (Phi) is 5.37. The SMILES string of the molecule is CCC(Cl)CNC(=O)c1cc(Cl)ccc1[N+](=O)[O-]. The summed E-state index contributed by atoms with van der Waals surface area (Å²) in [5.74, 6) is -0.552. The highest BCUT2D eigenvalue weighted by Crippen LogP contribution is 2.22. The number of hydrogen-bond donors (Lipinski definition) is 1. The minimum atomic E-state index is -0.622. The van der Waals surface area contributed by atoms with Crippen LogP contribution in [-0.4, -0.2) is 22.8 Å². The van der Waals surface area contributed by atoms with Crippen LogP contribution in [0.1, 0.15) is 23.7 Å². The summed E-state index contributed by atoms with van der Waals surface area (Å²) in [7, 11) is 0. The number of nitro groups is 1. The van der Waals surface area contributed by atoms with E-state index in [0.29, 0.717) is 6.42 Å². The Labute approximate surface area is 114 Å². The predicted molar refractivity (Wildman–Crippen MR) is 70.4 cm³/mol. The zero-order valence-electron chi connectivity index (χ0n) is 9.65. The highest BCUT2D eigenvalue weighted by molar-refractivity contribution is 6.31. The van der Waals surface area contributed by atoms with Crippen LogP contribution in [0, 0.1) is 10.1 Å². The van der Waals surface area contributed by atoms with E-state index < -0.39 is 10.8 Å². The average Bonchev–Trinajstić information content (AvgIpc) is 2.34. The fourth-order valence-corrected chi connectivity index (χ4v) is 1.54. The van der Waals surface area contributed by atoms with Crippen molar-refractivity contribution in [2.45, 2.75) is 18.7 Å². The topological polar surface area (TPSA) is 72.2 Å². The van der Waals surface area contributed by atoms with Gasteiger partial charge in [0.05, 0.1) is 10.3 Å². The van der Waals surface area contributed by atoms with Crippen molar-refractivity contribution in [1.82, 2.24) is 5.32 Å². The smallest absolute Gasteiger partial charge is 0.282 e.